The average Bonchev–Trinajstić information content (AvgIpc) is 2.37. The predicted molar refractivity (Wildman–Crippen MR) is 76.8 cm³/mol. The van der Waals surface area contributed by atoms with Crippen LogP contribution in [-0.4, -0.2) is 31.3 Å². The van der Waals surface area contributed by atoms with Gasteiger partial charge >= 0.3 is 5.97 Å². The number of anilines is 1. The molecule has 4 heteroatoms. The molecule has 0 heterocycles. The molecule has 0 aliphatic heterocycles. The first-order valence-electron chi connectivity index (χ1n) is 6.55. The highest BCUT2D eigenvalue weighted by molar-refractivity contribution is 5.70. The van der Waals surface area contributed by atoms with E-state index in [2.05, 4.69) is 18.7 Å². The SMILES string of the molecule is COc1ccc(N(CC(C)C)CC(C)C(=O)O)cc1. The summed E-state index contributed by atoms with van der Waals surface area (Å²) in [5, 5.41) is 9.05. The summed E-state index contributed by atoms with van der Waals surface area (Å²) in [5.41, 5.74) is 1.03. The predicted octanol–water partition coefficient (Wildman–Crippen LogP) is 2.88. The van der Waals surface area contributed by atoms with Crippen molar-refractivity contribution < 1.29 is 14.6 Å². The van der Waals surface area contributed by atoms with Crippen LogP contribution in [0.2, 0.25) is 0 Å². The summed E-state index contributed by atoms with van der Waals surface area (Å²) < 4.78 is 5.14. The summed E-state index contributed by atoms with van der Waals surface area (Å²) in [5.74, 6) is 0.130. The normalized spacial score (nSPS) is 12.3. The third-order valence-electron chi connectivity index (χ3n) is 2.94. The number of aliphatic carboxylic acids is 1. The van der Waals surface area contributed by atoms with Crippen LogP contribution in [0.15, 0.2) is 24.3 Å². The molecular weight excluding hydrogens is 242 g/mol. The number of hydrogen-bond acceptors (Lipinski definition) is 3. The Hall–Kier alpha value is -1.71. The van der Waals surface area contributed by atoms with Crippen LogP contribution in [0, 0.1) is 11.8 Å². The van der Waals surface area contributed by atoms with Gasteiger partial charge in [-0.1, -0.05) is 20.8 Å². The lowest BCUT2D eigenvalue weighted by Crippen LogP contribution is -2.34. The number of carboxylic acids is 1. The van der Waals surface area contributed by atoms with Crippen LogP contribution in [0.3, 0.4) is 0 Å². The summed E-state index contributed by atoms with van der Waals surface area (Å²) >= 11 is 0. The molecule has 1 aromatic rings. The number of benzene rings is 1. The molecule has 1 aromatic carbocycles. The monoisotopic (exact) mass is 265 g/mol. The first-order valence-corrected chi connectivity index (χ1v) is 6.55. The molecule has 0 fully saturated rings. The van der Waals surface area contributed by atoms with Gasteiger partial charge in [0.2, 0.25) is 0 Å². The molecular formula is C15H23NO3. The molecule has 1 atom stereocenters. The minimum atomic E-state index is -0.762. The van der Waals surface area contributed by atoms with E-state index in [1.807, 2.05) is 24.3 Å². The van der Waals surface area contributed by atoms with Crippen LogP contribution in [0.5, 0.6) is 5.75 Å². The van der Waals surface area contributed by atoms with Gasteiger partial charge in [0.15, 0.2) is 0 Å². The maximum Gasteiger partial charge on any atom is 0.308 e. The molecule has 0 aromatic heterocycles. The highest BCUT2D eigenvalue weighted by atomic mass is 16.5. The van der Waals surface area contributed by atoms with Gasteiger partial charge in [-0.15, -0.1) is 0 Å². The van der Waals surface area contributed by atoms with E-state index >= 15 is 0 Å². The van der Waals surface area contributed by atoms with Gasteiger partial charge in [0.1, 0.15) is 5.75 Å². The van der Waals surface area contributed by atoms with E-state index in [4.69, 9.17) is 9.84 Å². The minimum absolute atomic E-state index is 0.388. The van der Waals surface area contributed by atoms with Gasteiger partial charge < -0.3 is 14.7 Å². The molecule has 0 spiro atoms. The van der Waals surface area contributed by atoms with Gasteiger partial charge in [-0.3, -0.25) is 4.79 Å². The van der Waals surface area contributed by atoms with Crippen molar-refractivity contribution in [2.24, 2.45) is 11.8 Å². The smallest absolute Gasteiger partial charge is 0.308 e. The van der Waals surface area contributed by atoms with Crippen molar-refractivity contribution in [1.29, 1.82) is 0 Å². The first kappa shape index (κ1) is 15.3. The lowest BCUT2D eigenvalue weighted by Gasteiger charge is -2.28. The fourth-order valence-corrected chi connectivity index (χ4v) is 1.93. The molecule has 0 radical (unpaired) electrons. The zero-order valence-corrected chi connectivity index (χ0v) is 12.1. The maximum atomic E-state index is 11.0. The molecule has 1 rings (SSSR count). The van der Waals surface area contributed by atoms with E-state index in [0.29, 0.717) is 12.5 Å². The number of methoxy groups -OCH3 is 1. The van der Waals surface area contributed by atoms with E-state index < -0.39 is 5.97 Å². The van der Waals surface area contributed by atoms with Crippen LogP contribution in [-0.2, 0) is 4.79 Å². The standard InChI is InChI=1S/C15H23NO3/c1-11(2)9-16(10-12(3)15(17)18)13-5-7-14(19-4)8-6-13/h5-8,11-12H,9-10H2,1-4H3,(H,17,18). The molecule has 1 unspecified atom stereocenters. The molecule has 0 bridgehead atoms. The Labute approximate surface area is 115 Å². The second kappa shape index (κ2) is 7.02. The van der Waals surface area contributed by atoms with E-state index in [1.165, 1.54) is 0 Å². The van der Waals surface area contributed by atoms with Crippen LogP contribution in [0.4, 0.5) is 5.69 Å². The Morgan fingerprint density at radius 2 is 1.79 bits per heavy atom. The van der Waals surface area contributed by atoms with Crippen LogP contribution in [0.25, 0.3) is 0 Å². The van der Waals surface area contributed by atoms with Gasteiger partial charge in [0, 0.05) is 18.8 Å². The molecule has 0 aliphatic rings. The van der Waals surface area contributed by atoms with Gasteiger partial charge in [-0.25, -0.2) is 0 Å². The zero-order valence-electron chi connectivity index (χ0n) is 12.1. The summed E-state index contributed by atoms with van der Waals surface area (Å²) in [6.45, 7) is 7.34. The largest absolute Gasteiger partial charge is 0.497 e. The fourth-order valence-electron chi connectivity index (χ4n) is 1.93. The number of hydrogen-bond donors (Lipinski definition) is 1. The van der Waals surface area contributed by atoms with Gasteiger partial charge in [-0.2, -0.15) is 0 Å². The molecule has 0 aliphatic carbocycles. The molecule has 4 nitrogen and oxygen atoms in total. The summed E-state index contributed by atoms with van der Waals surface area (Å²) in [4.78, 5) is 13.1. The zero-order chi connectivity index (χ0) is 14.4. The van der Waals surface area contributed by atoms with E-state index in [0.717, 1.165) is 18.0 Å². The van der Waals surface area contributed by atoms with Crippen molar-refractivity contribution in [3.05, 3.63) is 24.3 Å². The minimum Gasteiger partial charge on any atom is -0.497 e. The quantitative estimate of drug-likeness (QED) is 0.823. The van der Waals surface area contributed by atoms with E-state index in [1.54, 1.807) is 14.0 Å². The highest BCUT2D eigenvalue weighted by Gasteiger charge is 2.17. The number of rotatable bonds is 7. The van der Waals surface area contributed by atoms with Gasteiger partial charge in [0.05, 0.1) is 13.0 Å². The molecule has 1 N–H and O–H groups in total. The van der Waals surface area contributed by atoms with Crippen molar-refractivity contribution in [3.63, 3.8) is 0 Å². The van der Waals surface area contributed by atoms with Crippen LogP contribution >= 0.6 is 0 Å². The van der Waals surface area contributed by atoms with Crippen molar-refractivity contribution in [2.75, 3.05) is 25.1 Å². The molecule has 19 heavy (non-hydrogen) atoms. The lowest BCUT2D eigenvalue weighted by atomic mass is 10.1. The number of nitrogens with zero attached hydrogens (tertiary/aromatic N) is 1. The maximum absolute atomic E-state index is 11.0. The van der Waals surface area contributed by atoms with Crippen molar-refractivity contribution >= 4 is 11.7 Å². The summed E-state index contributed by atoms with van der Waals surface area (Å²) in [6.07, 6.45) is 0. The fraction of sp³-hybridized carbons (Fsp3) is 0.533. The van der Waals surface area contributed by atoms with Crippen LogP contribution in [0.1, 0.15) is 20.8 Å². The average molecular weight is 265 g/mol. The third-order valence-corrected chi connectivity index (χ3v) is 2.94. The molecule has 0 amide bonds. The lowest BCUT2D eigenvalue weighted by molar-refractivity contribution is -0.140. The first-order chi connectivity index (χ1) is 8.93. The van der Waals surface area contributed by atoms with Gasteiger partial charge in [0.25, 0.3) is 0 Å². The van der Waals surface area contributed by atoms with Crippen molar-refractivity contribution in [2.45, 2.75) is 20.8 Å². The van der Waals surface area contributed by atoms with E-state index in [-0.39, 0.29) is 5.92 Å². The summed E-state index contributed by atoms with van der Waals surface area (Å²) in [6, 6.07) is 7.73. The van der Waals surface area contributed by atoms with Crippen molar-refractivity contribution in [1.82, 2.24) is 0 Å². The Kier molecular flexibility index (Phi) is 5.67. The number of ether oxygens (including phenoxy) is 1. The van der Waals surface area contributed by atoms with Gasteiger partial charge in [-0.05, 0) is 30.2 Å². The van der Waals surface area contributed by atoms with Crippen LogP contribution < -0.4 is 9.64 Å². The number of carboxylic acid groups (broad SMARTS) is 1. The Morgan fingerprint density at radius 1 is 1.21 bits per heavy atom. The second-order valence-electron chi connectivity index (χ2n) is 5.24. The number of carbonyl (C=O) groups is 1. The van der Waals surface area contributed by atoms with E-state index in [9.17, 15) is 4.79 Å². The second-order valence-corrected chi connectivity index (χ2v) is 5.24. The molecule has 0 saturated heterocycles. The Morgan fingerprint density at radius 3 is 2.21 bits per heavy atom. The topological polar surface area (TPSA) is 49.8 Å². The third kappa shape index (κ3) is 4.81. The molecule has 106 valence electrons. The molecule has 0 saturated carbocycles. The van der Waals surface area contributed by atoms with Crippen molar-refractivity contribution in [3.8, 4) is 5.75 Å². The summed E-state index contributed by atoms with van der Waals surface area (Å²) in [7, 11) is 1.63. The Balaban J connectivity index is 2.85. The highest BCUT2D eigenvalue weighted by Crippen LogP contribution is 2.21. The Bertz CT molecular complexity index is 400.